The molecule has 0 aliphatic carbocycles. The van der Waals surface area contributed by atoms with E-state index in [0.717, 1.165) is 11.3 Å². The number of fused-ring (bicyclic) bond motifs is 1. The summed E-state index contributed by atoms with van der Waals surface area (Å²) in [5, 5.41) is 7.63. The van der Waals surface area contributed by atoms with Crippen LogP contribution in [0.15, 0.2) is 60.7 Å². The highest BCUT2D eigenvalue weighted by molar-refractivity contribution is 5.99. The summed E-state index contributed by atoms with van der Waals surface area (Å²) in [5.41, 5.74) is 1.35. The Morgan fingerprint density at radius 3 is 2.45 bits per heavy atom. The van der Waals surface area contributed by atoms with Crippen LogP contribution in [0.25, 0.3) is 0 Å². The molecule has 1 aliphatic heterocycles. The number of benzene rings is 2. The van der Waals surface area contributed by atoms with Gasteiger partial charge in [0.1, 0.15) is 17.1 Å². The largest absolute Gasteiger partial charge is 0.350 e. The van der Waals surface area contributed by atoms with E-state index in [1.807, 2.05) is 51.1 Å². The van der Waals surface area contributed by atoms with E-state index in [1.165, 1.54) is 17.0 Å². The van der Waals surface area contributed by atoms with Crippen molar-refractivity contribution in [2.45, 2.75) is 58.3 Å². The molecule has 2 heterocycles. The third-order valence-corrected chi connectivity index (χ3v) is 6.08. The summed E-state index contributed by atoms with van der Waals surface area (Å²) in [6, 6.07) is 17.5. The lowest BCUT2D eigenvalue weighted by Gasteiger charge is -2.43. The van der Waals surface area contributed by atoms with Crippen molar-refractivity contribution in [2.75, 3.05) is 0 Å². The van der Waals surface area contributed by atoms with Crippen LogP contribution in [0.2, 0.25) is 0 Å². The minimum absolute atomic E-state index is 0.113. The van der Waals surface area contributed by atoms with Gasteiger partial charge in [0.05, 0.1) is 12.2 Å². The molecular formula is C26H29FN4O2. The summed E-state index contributed by atoms with van der Waals surface area (Å²) in [6.07, 6.45) is 0. The SMILES string of the molecule is CC(C)(C)c1cc2n(n1)C[C@@](C)(C(=O)NCc1ccccc1)N(Cc1cccc(F)c1)C2=O. The number of nitrogens with zero attached hydrogens (tertiary/aromatic N) is 3. The number of nitrogens with one attached hydrogen (secondary N) is 1. The number of rotatable bonds is 5. The second-order valence-electron chi connectivity index (χ2n) is 9.79. The number of carbonyl (C=O) groups is 2. The standard InChI is InChI=1S/C26H29FN4O2/c1-25(2,3)22-14-21-23(32)30(16-19-11-8-12-20(27)13-19)26(4,17-31(21)29-22)24(33)28-15-18-9-6-5-7-10-18/h5-14H,15-17H2,1-4H3,(H,28,33)/t26-/m0/s1. The minimum Gasteiger partial charge on any atom is -0.350 e. The predicted octanol–water partition coefficient (Wildman–Crippen LogP) is 4.05. The molecule has 1 aromatic heterocycles. The molecule has 0 bridgehead atoms. The quantitative estimate of drug-likeness (QED) is 0.640. The van der Waals surface area contributed by atoms with Gasteiger partial charge in [0.15, 0.2) is 0 Å². The molecule has 0 saturated carbocycles. The first-order valence-electron chi connectivity index (χ1n) is 11.0. The van der Waals surface area contributed by atoms with Crippen LogP contribution in [0, 0.1) is 5.82 Å². The highest BCUT2D eigenvalue weighted by Crippen LogP contribution is 2.32. The molecule has 2 amide bonds. The van der Waals surface area contributed by atoms with E-state index in [9.17, 15) is 14.0 Å². The summed E-state index contributed by atoms with van der Waals surface area (Å²) >= 11 is 0. The molecule has 2 aromatic carbocycles. The molecular weight excluding hydrogens is 419 g/mol. The van der Waals surface area contributed by atoms with E-state index in [-0.39, 0.29) is 36.1 Å². The molecule has 172 valence electrons. The summed E-state index contributed by atoms with van der Waals surface area (Å²) in [6.45, 7) is 8.50. The molecule has 0 fully saturated rings. The third-order valence-electron chi connectivity index (χ3n) is 6.08. The van der Waals surface area contributed by atoms with Crippen LogP contribution in [0.1, 0.15) is 55.0 Å². The van der Waals surface area contributed by atoms with Crippen molar-refractivity contribution in [1.29, 1.82) is 0 Å². The molecule has 0 unspecified atom stereocenters. The Hall–Kier alpha value is -3.48. The fraction of sp³-hybridized carbons (Fsp3) is 0.346. The molecule has 1 aliphatic rings. The lowest BCUT2D eigenvalue weighted by molar-refractivity contribution is -0.133. The van der Waals surface area contributed by atoms with Crippen molar-refractivity contribution in [2.24, 2.45) is 0 Å². The molecule has 3 aromatic rings. The van der Waals surface area contributed by atoms with Crippen molar-refractivity contribution in [3.05, 3.63) is 89.0 Å². The summed E-state index contributed by atoms with van der Waals surface area (Å²) in [7, 11) is 0. The maximum atomic E-state index is 13.9. The third kappa shape index (κ3) is 4.53. The second-order valence-corrected chi connectivity index (χ2v) is 9.79. The topological polar surface area (TPSA) is 67.2 Å². The van der Waals surface area contributed by atoms with Gasteiger partial charge < -0.3 is 10.2 Å². The van der Waals surface area contributed by atoms with Gasteiger partial charge in [-0.2, -0.15) is 5.10 Å². The van der Waals surface area contributed by atoms with Crippen LogP contribution in [-0.2, 0) is 29.8 Å². The molecule has 4 rings (SSSR count). The highest BCUT2D eigenvalue weighted by Gasteiger charge is 2.48. The minimum atomic E-state index is -1.20. The number of amides is 2. The molecule has 33 heavy (non-hydrogen) atoms. The molecule has 0 spiro atoms. The van der Waals surface area contributed by atoms with E-state index in [0.29, 0.717) is 17.8 Å². The van der Waals surface area contributed by atoms with Gasteiger partial charge in [-0.15, -0.1) is 0 Å². The van der Waals surface area contributed by atoms with Crippen LogP contribution < -0.4 is 5.32 Å². The second kappa shape index (κ2) is 8.46. The molecule has 1 atom stereocenters. The number of hydrogen-bond acceptors (Lipinski definition) is 3. The van der Waals surface area contributed by atoms with Gasteiger partial charge in [0.25, 0.3) is 5.91 Å². The summed E-state index contributed by atoms with van der Waals surface area (Å²) < 4.78 is 15.5. The summed E-state index contributed by atoms with van der Waals surface area (Å²) in [5.74, 6) is -0.965. The maximum Gasteiger partial charge on any atom is 0.273 e. The van der Waals surface area contributed by atoms with Crippen molar-refractivity contribution in [1.82, 2.24) is 20.0 Å². The van der Waals surface area contributed by atoms with Gasteiger partial charge in [-0.3, -0.25) is 14.3 Å². The molecule has 1 N–H and O–H groups in total. The molecule has 0 radical (unpaired) electrons. The van der Waals surface area contributed by atoms with Gasteiger partial charge in [-0.1, -0.05) is 63.2 Å². The van der Waals surface area contributed by atoms with Crippen LogP contribution in [0.5, 0.6) is 0 Å². The van der Waals surface area contributed by atoms with Crippen LogP contribution in [0.4, 0.5) is 4.39 Å². The molecule has 6 nitrogen and oxygen atoms in total. The first-order valence-corrected chi connectivity index (χ1v) is 11.0. The van der Waals surface area contributed by atoms with E-state index in [2.05, 4.69) is 10.4 Å². The van der Waals surface area contributed by atoms with Gasteiger partial charge in [0.2, 0.25) is 5.91 Å². The zero-order chi connectivity index (χ0) is 23.8. The Kier molecular flexibility index (Phi) is 5.82. The monoisotopic (exact) mass is 448 g/mol. The van der Waals surface area contributed by atoms with E-state index >= 15 is 0 Å². The average molecular weight is 449 g/mol. The van der Waals surface area contributed by atoms with E-state index < -0.39 is 5.54 Å². The van der Waals surface area contributed by atoms with E-state index in [4.69, 9.17) is 0 Å². The van der Waals surface area contributed by atoms with Crippen LogP contribution in [-0.4, -0.2) is 32.0 Å². The Morgan fingerprint density at radius 1 is 1.09 bits per heavy atom. The fourth-order valence-corrected chi connectivity index (χ4v) is 4.04. The van der Waals surface area contributed by atoms with E-state index in [1.54, 1.807) is 29.8 Å². The Morgan fingerprint density at radius 2 is 1.79 bits per heavy atom. The van der Waals surface area contributed by atoms with Crippen molar-refractivity contribution < 1.29 is 14.0 Å². The predicted molar refractivity (Wildman–Crippen MR) is 124 cm³/mol. The molecule has 0 saturated heterocycles. The van der Waals surface area contributed by atoms with Gasteiger partial charge in [-0.05, 0) is 36.2 Å². The normalized spacial score (nSPS) is 18.2. The number of carbonyl (C=O) groups excluding carboxylic acids is 2. The lowest BCUT2D eigenvalue weighted by Crippen LogP contribution is -2.63. The van der Waals surface area contributed by atoms with Crippen molar-refractivity contribution in [3.63, 3.8) is 0 Å². The lowest BCUT2D eigenvalue weighted by atomic mass is 9.91. The highest BCUT2D eigenvalue weighted by atomic mass is 19.1. The molecule has 7 heteroatoms. The average Bonchev–Trinajstić information content (AvgIpc) is 3.20. The Labute approximate surface area is 193 Å². The summed E-state index contributed by atoms with van der Waals surface area (Å²) in [4.78, 5) is 28.7. The zero-order valence-corrected chi connectivity index (χ0v) is 19.4. The van der Waals surface area contributed by atoms with Crippen molar-refractivity contribution >= 4 is 11.8 Å². The first-order chi connectivity index (χ1) is 15.6. The smallest absolute Gasteiger partial charge is 0.273 e. The Balaban J connectivity index is 1.70. The fourth-order valence-electron chi connectivity index (χ4n) is 4.04. The van der Waals surface area contributed by atoms with Gasteiger partial charge >= 0.3 is 0 Å². The maximum absolute atomic E-state index is 13.9. The van der Waals surface area contributed by atoms with Crippen molar-refractivity contribution in [3.8, 4) is 0 Å². The Bertz CT molecular complexity index is 1180. The number of hydrogen-bond donors (Lipinski definition) is 1. The van der Waals surface area contributed by atoms with Crippen LogP contribution >= 0.6 is 0 Å². The number of aromatic nitrogens is 2. The van der Waals surface area contributed by atoms with Gasteiger partial charge in [0, 0.05) is 18.5 Å². The van der Waals surface area contributed by atoms with Gasteiger partial charge in [-0.25, -0.2) is 4.39 Å². The number of halogens is 1. The zero-order valence-electron chi connectivity index (χ0n) is 19.4. The van der Waals surface area contributed by atoms with Crippen LogP contribution in [0.3, 0.4) is 0 Å². The first kappa shape index (κ1) is 22.7.